The van der Waals surface area contributed by atoms with E-state index in [1.54, 1.807) is 17.0 Å². The van der Waals surface area contributed by atoms with Gasteiger partial charge in [0.25, 0.3) is 0 Å². The Labute approximate surface area is 114 Å². The van der Waals surface area contributed by atoms with E-state index >= 15 is 0 Å². The Morgan fingerprint density at radius 3 is 2.95 bits per heavy atom. The van der Waals surface area contributed by atoms with Crippen molar-refractivity contribution in [1.82, 2.24) is 24.7 Å². The zero-order valence-electron chi connectivity index (χ0n) is 11.0. The van der Waals surface area contributed by atoms with Crippen LogP contribution < -0.4 is 11.0 Å². The third kappa shape index (κ3) is 3.14. The molecular formula is C11H16N6OS. The van der Waals surface area contributed by atoms with Crippen molar-refractivity contribution in [2.75, 3.05) is 11.9 Å². The van der Waals surface area contributed by atoms with Gasteiger partial charge in [0.2, 0.25) is 0 Å². The van der Waals surface area contributed by atoms with Crippen LogP contribution in [0.1, 0.15) is 26.8 Å². The second-order valence-electron chi connectivity index (χ2n) is 4.15. The maximum absolute atomic E-state index is 11.6. The molecule has 2 N–H and O–H groups in total. The van der Waals surface area contributed by atoms with Crippen molar-refractivity contribution in [2.45, 2.75) is 37.0 Å². The highest BCUT2D eigenvalue weighted by atomic mass is 32.2. The number of H-pyrrole nitrogens is 1. The van der Waals surface area contributed by atoms with E-state index < -0.39 is 0 Å². The highest BCUT2D eigenvalue weighted by molar-refractivity contribution is 7.99. The molecule has 0 fully saturated rings. The number of rotatable bonds is 5. The standard InChI is InChI=1S/C11H16N6OS/c1-4-13-8-5-12-6-9(14-8)19-11-16-15-10(18)17(11)7(2)3/h5-7H,4H2,1-3H3,(H,13,14)(H,15,18). The molecule has 0 saturated heterocycles. The summed E-state index contributed by atoms with van der Waals surface area (Å²) in [4.78, 5) is 20.1. The van der Waals surface area contributed by atoms with Gasteiger partial charge in [-0.05, 0) is 32.5 Å². The minimum absolute atomic E-state index is 0.0404. The van der Waals surface area contributed by atoms with Gasteiger partial charge < -0.3 is 5.32 Å². The van der Waals surface area contributed by atoms with Gasteiger partial charge >= 0.3 is 5.69 Å². The summed E-state index contributed by atoms with van der Waals surface area (Å²) in [6.45, 7) is 6.64. The van der Waals surface area contributed by atoms with Gasteiger partial charge in [-0.1, -0.05) is 0 Å². The molecule has 102 valence electrons. The van der Waals surface area contributed by atoms with E-state index in [9.17, 15) is 4.79 Å². The number of aromatic nitrogens is 5. The fourth-order valence-corrected chi connectivity index (χ4v) is 2.50. The van der Waals surface area contributed by atoms with E-state index in [1.165, 1.54) is 11.8 Å². The van der Waals surface area contributed by atoms with E-state index in [-0.39, 0.29) is 11.7 Å². The molecule has 19 heavy (non-hydrogen) atoms. The number of nitrogens with zero attached hydrogens (tertiary/aromatic N) is 4. The fourth-order valence-electron chi connectivity index (χ4n) is 1.57. The summed E-state index contributed by atoms with van der Waals surface area (Å²) in [6.07, 6.45) is 3.31. The number of hydrogen-bond acceptors (Lipinski definition) is 6. The maximum atomic E-state index is 11.6. The van der Waals surface area contributed by atoms with Gasteiger partial charge in [-0.15, -0.1) is 5.10 Å². The summed E-state index contributed by atoms with van der Waals surface area (Å²) in [7, 11) is 0. The van der Waals surface area contributed by atoms with Gasteiger partial charge in [-0.2, -0.15) is 0 Å². The van der Waals surface area contributed by atoms with Crippen molar-refractivity contribution in [3.8, 4) is 0 Å². The van der Waals surface area contributed by atoms with E-state index in [0.717, 1.165) is 6.54 Å². The van der Waals surface area contributed by atoms with Gasteiger partial charge in [-0.25, -0.2) is 14.9 Å². The first kappa shape index (κ1) is 13.6. The monoisotopic (exact) mass is 280 g/mol. The minimum Gasteiger partial charge on any atom is -0.369 e. The van der Waals surface area contributed by atoms with Gasteiger partial charge in [0.05, 0.1) is 12.4 Å². The van der Waals surface area contributed by atoms with Crippen LogP contribution in [0.5, 0.6) is 0 Å². The first-order chi connectivity index (χ1) is 9.11. The fraction of sp³-hybridized carbons (Fsp3) is 0.455. The molecule has 0 aliphatic rings. The zero-order valence-corrected chi connectivity index (χ0v) is 11.9. The Bertz CT molecular complexity index is 605. The Morgan fingerprint density at radius 1 is 1.47 bits per heavy atom. The van der Waals surface area contributed by atoms with Gasteiger partial charge in [0.1, 0.15) is 10.8 Å². The lowest BCUT2D eigenvalue weighted by molar-refractivity contribution is 0.534. The molecular weight excluding hydrogens is 264 g/mol. The van der Waals surface area contributed by atoms with Crippen LogP contribution in [0.25, 0.3) is 0 Å². The molecule has 0 radical (unpaired) electrons. The number of nitrogens with one attached hydrogen (secondary N) is 2. The molecule has 0 bridgehead atoms. The quantitative estimate of drug-likeness (QED) is 0.863. The summed E-state index contributed by atoms with van der Waals surface area (Å²) in [5, 5.41) is 10.8. The first-order valence-electron chi connectivity index (χ1n) is 6.02. The first-order valence-corrected chi connectivity index (χ1v) is 6.84. The predicted octanol–water partition coefficient (Wildman–Crippen LogP) is 1.53. The van der Waals surface area contributed by atoms with Crippen LogP contribution in [-0.2, 0) is 0 Å². The maximum Gasteiger partial charge on any atom is 0.344 e. The Morgan fingerprint density at radius 2 is 2.26 bits per heavy atom. The molecule has 0 aliphatic carbocycles. The smallest absolute Gasteiger partial charge is 0.344 e. The normalized spacial score (nSPS) is 10.9. The highest BCUT2D eigenvalue weighted by Gasteiger charge is 2.13. The molecule has 0 unspecified atom stereocenters. The molecule has 2 rings (SSSR count). The molecule has 2 heterocycles. The molecule has 0 amide bonds. The van der Waals surface area contributed by atoms with Crippen molar-refractivity contribution >= 4 is 17.6 Å². The van der Waals surface area contributed by atoms with Gasteiger partial charge in [0, 0.05) is 12.6 Å². The number of aromatic amines is 1. The molecule has 0 atom stereocenters. The molecule has 2 aromatic rings. The summed E-state index contributed by atoms with van der Waals surface area (Å²) in [5.74, 6) is 0.710. The van der Waals surface area contributed by atoms with E-state index in [1.807, 2.05) is 20.8 Å². The van der Waals surface area contributed by atoms with Crippen LogP contribution in [0.15, 0.2) is 27.4 Å². The lowest BCUT2D eigenvalue weighted by Gasteiger charge is -2.08. The minimum atomic E-state index is -0.215. The molecule has 0 aromatic carbocycles. The van der Waals surface area contributed by atoms with Gasteiger partial charge in [-0.3, -0.25) is 9.55 Å². The summed E-state index contributed by atoms with van der Waals surface area (Å²) in [6, 6.07) is 0.0404. The molecule has 0 aliphatic heterocycles. The van der Waals surface area contributed by atoms with E-state index in [0.29, 0.717) is 16.0 Å². The largest absolute Gasteiger partial charge is 0.369 e. The van der Waals surface area contributed by atoms with Crippen molar-refractivity contribution in [3.63, 3.8) is 0 Å². The van der Waals surface area contributed by atoms with Crippen LogP contribution in [0.3, 0.4) is 0 Å². The molecule has 7 nitrogen and oxygen atoms in total. The van der Waals surface area contributed by atoms with E-state index in [2.05, 4.69) is 25.5 Å². The SMILES string of the molecule is CCNc1cncc(Sc2n[nH]c(=O)n2C(C)C)n1. The average Bonchev–Trinajstić information content (AvgIpc) is 2.71. The van der Waals surface area contributed by atoms with Crippen LogP contribution in [0, 0.1) is 0 Å². The molecule has 2 aromatic heterocycles. The topological polar surface area (TPSA) is 88.5 Å². The molecule has 0 saturated carbocycles. The summed E-state index contributed by atoms with van der Waals surface area (Å²) < 4.78 is 1.59. The zero-order chi connectivity index (χ0) is 13.8. The highest BCUT2D eigenvalue weighted by Crippen LogP contribution is 2.24. The lowest BCUT2D eigenvalue weighted by Crippen LogP contribution is -2.19. The number of hydrogen-bond donors (Lipinski definition) is 2. The van der Waals surface area contributed by atoms with Crippen molar-refractivity contribution < 1.29 is 0 Å². The van der Waals surface area contributed by atoms with Crippen LogP contribution in [0.2, 0.25) is 0 Å². The number of anilines is 1. The molecule has 0 spiro atoms. The summed E-state index contributed by atoms with van der Waals surface area (Å²) >= 11 is 1.31. The lowest BCUT2D eigenvalue weighted by atomic mass is 10.4. The Balaban J connectivity index is 2.26. The van der Waals surface area contributed by atoms with E-state index in [4.69, 9.17) is 0 Å². The molecule has 8 heteroatoms. The van der Waals surface area contributed by atoms with Crippen molar-refractivity contribution in [2.24, 2.45) is 0 Å². The van der Waals surface area contributed by atoms with Crippen LogP contribution >= 0.6 is 11.8 Å². The second-order valence-corrected chi connectivity index (χ2v) is 5.14. The third-order valence-electron chi connectivity index (χ3n) is 2.35. The van der Waals surface area contributed by atoms with Crippen LogP contribution in [-0.4, -0.2) is 31.3 Å². The van der Waals surface area contributed by atoms with Crippen molar-refractivity contribution in [3.05, 3.63) is 22.9 Å². The third-order valence-corrected chi connectivity index (χ3v) is 3.23. The Kier molecular flexibility index (Phi) is 4.20. The van der Waals surface area contributed by atoms with Crippen LogP contribution in [0.4, 0.5) is 5.82 Å². The van der Waals surface area contributed by atoms with Gasteiger partial charge in [0.15, 0.2) is 5.16 Å². The average molecular weight is 280 g/mol. The second kappa shape index (κ2) is 5.87. The predicted molar refractivity (Wildman–Crippen MR) is 73.6 cm³/mol. The van der Waals surface area contributed by atoms with Crippen molar-refractivity contribution in [1.29, 1.82) is 0 Å². The Hall–Kier alpha value is -1.83. The summed E-state index contributed by atoms with van der Waals surface area (Å²) in [5.41, 5.74) is -0.215.